The Morgan fingerprint density at radius 1 is 1.29 bits per heavy atom. The second kappa shape index (κ2) is 5.63. The molecule has 0 fully saturated rings. The summed E-state index contributed by atoms with van der Waals surface area (Å²) in [4.78, 5) is 4.63. The van der Waals surface area contributed by atoms with Crippen molar-refractivity contribution in [1.29, 1.82) is 0 Å². The molecule has 1 unspecified atom stereocenters. The van der Waals surface area contributed by atoms with Gasteiger partial charge in [-0.05, 0) is 25.3 Å². The Morgan fingerprint density at radius 2 is 1.94 bits per heavy atom. The summed E-state index contributed by atoms with van der Waals surface area (Å²) in [6, 6.07) is 0. The predicted octanol–water partition coefficient (Wildman–Crippen LogP) is 2.03. The first-order valence-corrected chi connectivity index (χ1v) is 6.45. The summed E-state index contributed by atoms with van der Waals surface area (Å²) in [7, 11) is 1.98. The highest BCUT2D eigenvalue weighted by Gasteiger charge is 2.20. The van der Waals surface area contributed by atoms with E-state index in [2.05, 4.69) is 37.8 Å². The van der Waals surface area contributed by atoms with Gasteiger partial charge in [-0.3, -0.25) is 4.68 Å². The standard InChI is InChI=1S/C13H26N4/c1-10(8-9-14)6-7-11-15-12(13(2,3)4)16-17(11)5/h10H,6-9,14H2,1-5H3. The van der Waals surface area contributed by atoms with Crippen molar-refractivity contribution < 1.29 is 0 Å². The molecule has 4 heteroatoms. The van der Waals surface area contributed by atoms with Crippen LogP contribution in [-0.4, -0.2) is 21.3 Å². The summed E-state index contributed by atoms with van der Waals surface area (Å²) in [5.74, 6) is 2.68. The molecule has 1 atom stereocenters. The SMILES string of the molecule is CC(CCN)CCc1nc(C(C)(C)C)nn1C. The molecule has 0 aliphatic heterocycles. The smallest absolute Gasteiger partial charge is 0.156 e. The van der Waals surface area contributed by atoms with E-state index in [0.29, 0.717) is 5.92 Å². The van der Waals surface area contributed by atoms with Crippen LogP contribution >= 0.6 is 0 Å². The minimum atomic E-state index is 0.0267. The van der Waals surface area contributed by atoms with Gasteiger partial charge in [-0.2, -0.15) is 5.10 Å². The molecule has 1 aromatic rings. The molecule has 0 saturated carbocycles. The number of nitrogens with zero attached hydrogens (tertiary/aromatic N) is 3. The lowest BCUT2D eigenvalue weighted by Gasteiger charge is -2.12. The summed E-state index contributed by atoms with van der Waals surface area (Å²) < 4.78 is 1.91. The molecule has 2 N–H and O–H groups in total. The Kier molecular flexibility index (Phi) is 4.69. The molecule has 0 aliphatic carbocycles. The first kappa shape index (κ1) is 14.2. The van der Waals surface area contributed by atoms with E-state index in [1.807, 2.05) is 11.7 Å². The highest BCUT2D eigenvalue weighted by atomic mass is 15.3. The van der Waals surface area contributed by atoms with Crippen LogP contribution in [0, 0.1) is 5.92 Å². The van der Waals surface area contributed by atoms with Crippen molar-refractivity contribution in [2.45, 2.75) is 52.4 Å². The average molecular weight is 238 g/mol. The Bertz CT molecular complexity index is 349. The van der Waals surface area contributed by atoms with E-state index in [0.717, 1.165) is 37.5 Å². The van der Waals surface area contributed by atoms with Crippen LogP contribution in [0.1, 0.15) is 52.2 Å². The molecule has 0 spiro atoms. The molecule has 0 radical (unpaired) electrons. The Balaban J connectivity index is 2.63. The topological polar surface area (TPSA) is 56.7 Å². The van der Waals surface area contributed by atoms with Crippen LogP contribution in [0.2, 0.25) is 0 Å². The van der Waals surface area contributed by atoms with Gasteiger partial charge in [-0.15, -0.1) is 0 Å². The summed E-state index contributed by atoms with van der Waals surface area (Å²) in [5, 5.41) is 4.49. The molecule has 17 heavy (non-hydrogen) atoms. The maximum Gasteiger partial charge on any atom is 0.156 e. The van der Waals surface area contributed by atoms with Crippen molar-refractivity contribution in [1.82, 2.24) is 14.8 Å². The van der Waals surface area contributed by atoms with E-state index >= 15 is 0 Å². The van der Waals surface area contributed by atoms with Crippen LogP contribution < -0.4 is 5.73 Å². The van der Waals surface area contributed by atoms with Crippen LogP contribution in [0.3, 0.4) is 0 Å². The molecule has 98 valence electrons. The summed E-state index contributed by atoms with van der Waals surface area (Å²) in [5.41, 5.74) is 5.58. The van der Waals surface area contributed by atoms with Crippen LogP contribution in [-0.2, 0) is 18.9 Å². The summed E-state index contributed by atoms with van der Waals surface area (Å²) in [6.45, 7) is 9.44. The van der Waals surface area contributed by atoms with Gasteiger partial charge in [-0.25, -0.2) is 4.98 Å². The summed E-state index contributed by atoms with van der Waals surface area (Å²) in [6.07, 6.45) is 3.21. The van der Waals surface area contributed by atoms with Gasteiger partial charge in [0.1, 0.15) is 5.82 Å². The maximum absolute atomic E-state index is 5.56. The zero-order valence-corrected chi connectivity index (χ0v) is 11.8. The normalized spacial score (nSPS) is 14.0. The average Bonchev–Trinajstić information content (AvgIpc) is 2.57. The molecular weight excluding hydrogens is 212 g/mol. The molecule has 1 rings (SSSR count). The van der Waals surface area contributed by atoms with E-state index in [1.54, 1.807) is 0 Å². The zero-order valence-electron chi connectivity index (χ0n) is 11.8. The molecule has 4 nitrogen and oxygen atoms in total. The van der Waals surface area contributed by atoms with Crippen molar-refractivity contribution in [3.05, 3.63) is 11.6 Å². The lowest BCUT2D eigenvalue weighted by molar-refractivity contribution is 0.487. The van der Waals surface area contributed by atoms with Crippen molar-refractivity contribution in [2.75, 3.05) is 6.54 Å². The molecule has 0 bridgehead atoms. The largest absolute Gasteiger partial charge is 0.330 e. The molecule has 0 saturated heterocycles. The number of aromatic nitrogens is 3. The van der Waals surface area contributed by atoms with E-state index in [4.69, 9.17) is 5.73 Å². The zero-order chi connectivity index (χ0) is 13.1. The first-order valence-electron chi connectivity index (χ1n) is 6.45. The molecule has 0 aliphatic rings. The molecule has 0 aromatic carbocycles. The monoisotopic (exact) mass is 238 g/mol. The highest BCUT2D eigenvalue weighted by molar-refractivity contribution is 5.03. The molecule has 1 aromatic heterocycles. The quantitative estimate of drug-likeness (QED) is 0.854. The second-order valence-electron chi connectivity index (χ2n) is 5.95. The third-order valence-electron chi connectivity index (χ3n) is 3.04. The van der Waals surface area contributed by atoms with E-state index in [-0.39, 0.29) is 5.41 Å². The number of hydrogen-bond acceptors (Lipinski definition) is 3. The van der Waals surface area contributed by atoms with Gasteiger partial charge in [0, 0.05) is 18.9 Å². The van der Waals surface area contributed by atoms with Gasteiger partial charge in [0.15, 0.2) is 5.82 Å². The van der Waals surface area contributed by atoms with Crippen molar-refractivity contribution in [3.63, 3.8) is 0 Å². The van der Waals surface area contributed by atoms with Crippen LogP contribution in [0.5, 0.6) is 0 Å². The highest BCUT2D eigenvalue weighted by Crippen LogP contribution is 2.19. The lowest BCUT2D eigenvalue weighted by Crippen LogP contribution is -2.13. The minimum Gasteiger partial charge on any atom is -0.330 e. The Morgan fingerprint density at radius 3 is 2.41 bits per heavy atom. The van der Waals surface area contributed by atoms with Gasteiger partial charge < -0.3 is 5.73 Å². The minimum absolute atomic E-state index is 0.0267. The lowest BCUT2D eigenvalue weighted by atomic mass is 9.96. The number of aryl methyl sites for hydroxylation is 2. The molecular formula is C13H26N4. The molecule has 1 heterocycles. The van der Waals surface area contributed by atoms with E-state index in [9.17, 15) is 0 Å². The van der Waals surface area contributed by atoms with Crippen molar-refractivity contribution >= 4 is 0 Å². The number of nitrogens with two attached hydrogens (primary N) is 1. The van der Waals surface area contributed by atoms with Gasteiger partial charge in [0.2, 0.25) is 0 Å². The first-order chi connectivity index (χ1) is 7.84. The number of rotatable bonds is 5. The Hall–Kier alpha value is -0.900. The van der Waals surface area contributed by atoms with Gasteiger partial charge in [0.05, 0.1) is 0 Å². The fourth-order valence-corrected chi connectivity index (χ4v) is 1.76. The van der Waals surface area contributed by atoms with Crippen LogP contribution in [0.15, 0.2) is 0 Å². The van der Waals surface area contributed by atoms with Gasteiger partial charge >= 0.3 is 0 Å². The van der Waals surface area contributed by atoms with Crippen LogP contribution in [0.4, 0.5) is 0 Å². The van der Waals surface area contributed by atoms with Gasteiger partial charge in [-0.1, -0.05) is 27.7 Å². The second-order valence-corrected chi connectivity index (χ2v) is 5.95. The fraction of sp³-hybridized carbons (Fsp3) is 0.846. The van der Waals surface area contributed by atoms with E-state index < -0.39 is 0 Å². The number of hydrogen-bond donors (Lipinski definition) is 1. The molecule has 0 amide bonds. The fourth-order valence-electron chi connectivity index (χ4n) is 1.76. The van der Waals surface area contributed by atoms with Gasteiger partial charge in [0.25, 0.3) is 0 Å². The third-order valence-corrected chi connectivity index (χ3v) is 3.04. The predicted molar refractivity (Wildman–Crippen MR) is 70.9 cm³/mol. The third kappa shape index (κ3) is 4.11. The van der Waals surface area contributed by atoms with E-state index in [1.165, 1.54) is 0 Å². The maximum atomic E-state index is 5.56. The van der Waals surface area contributed by atoms with Crippen LogP contribution in [0.25, 0.3) is 0 Å². The van der Waals surface area contributed by atoms with Crippen molar-refractivity contribution in [3.8, 4) is 0 Å². The Labute approximate surface area is 105 Å². The summed E-state index contributed by atoms with van der Waals surface area (Å²) >= 11 is 0. The van der Waals surface area contributed by atoms with Crippen molar-refractivity contribution in [2.24, 2.45) is 18.7 Å².